The fourth-order valence-corrected chi connectivity index (χ4v) is 3.86. The van der Waals surface area contributed by atoms with Crippen molar-refractivity contribution >= 4 is 6.09 Å². The van der Waals surface area contributed by atoms with Gasteiger partial charge in [-0.3, -0.25) is 4.90 Å². The molecule has 23 heavy (non-hydrogen) atoms. The van der Waals surface area contributed by atoms with Crippen LogP contribution in [0, 0.1) is 0 Å². The Morgan fingerprint density at radius 1 is 1.04 bits per heavy atom. The fourth-order valence-electron chi connectivity index (χ4n) is 3.86. The highest BCUT2D eigenvalue weighted by Gasteiger charge is 2.59. The molecule has 0 bridgehead atoms. The summed E-state index contributed by atoms with van der Waals surface area (Å²) >= 11 is 0. The maximum absolute atomic E-state index is 12.5. The monoisotopic (exact) mass is 309 g/mol. The molecule has 2 aromatic carbocycles. The van der Waals surface area contributed by atoms with Crippen molar-refractivity contribution in [3.05, 3.63) is 71.8 Å². The quantitative estimate of drug-likeness (QED) is 0.874. The molecule has 0 aliphatic carbocycles. The summed E-state index contributed by atoms with van der Waals surface area (Å²) < 4.78 is 11.5. The number of carbonyl (C=O) groups excluding carboxylic acids is 1. The number of cyclic esters (lactones) is 1. The van der Waals surface area contributed by atoms with Crippen molar-refractivity contribution in [1.82, 2.24) is 4.90 Å². The summed E-state index contributed by atoms with van der Waals surface area (Å²) in [7, 11) is 1.70. The molecular weight excluding hydrogens is 290 g/mol. The maximum atomic E-state index is 12.5. The van der Waals surface area contributed by atoms with Crippen LogP contribution < -0.4 is 0 Å². The van der Waals surface area contributed by atoms with E-state index in [1.54, 1.807) is 7.11 Å². The van der Waals surface area contributed by atoms with E-state index in [0.29, 0.717) is 6.54 Å². The van der Waals surface area contributed by atoms with Gasteiger partial charge in [-0.25, -0.2) is 4.79 Å². The number of ether oxygens (including phenoxy) is 2. The molecule has 4 nitrogen and oxygen atoms in total. The molecule has 0 spiro atoms. The van der Waals surface area contributed by atoms with Crippen molar-refractivity contribution < 1.29 is 14.3 Å². The molecule has 2 aliphatic rings. The molecule has 2 heterocycles. The van der Waals surface area contributed by atoms with Crippen LogP contribution in [0.4, 0.5) is 4.79 Å². The second-order valence-electron chi connectivity index (χ2n) is 6.10. The van der Waals surface area contributed by atoms with Crippen LogP contribution in [0.25, 0.3) is 0 Å². The van der Waals surface area contributed by atoms with Crippen LogP contribution in [-0.2, 0) is 15.1 Å². The van der Waals surface area contributed by atoms with Crippen LogP contribution >= 0.6 is 0 Å². The van der Waals surface area contributed by atoms with Crippen molar-refractivity contribution in [1.29, 1.82) is 0 Å². The Morgan fingerprint density at radius 3 is 2.13 bits per heavy atom. The third-order valence-corrected chi connectivity index (χ3v) is 4.95. The SMILES string of the molecule is CO[C@@H]1C[C@@H]2N(C1)C(=O)OC2(c1ccccc1)c1ccccc1. The number of carbonyl (C=O) groups is 1. The zero-order valence-corrected chi connectivity index (χ0v) is 13.0. The minimum Gasteiger partial charge on any atom is -0.431 e. The first-order chi connectivity index (χ1) is 11.3. The van der Waals surface area contributed by atoms with E-state index in [2.05, 4.69) is 0 Å². The second kappa shape index (κ2) is 5.39. The Hall–Kier alpha value is -2.33. The summed E-state index contributed by atoms with van der Waals surface area (Å²) in [5, 5.41) is 0. The topological polar surface area (TPSA) is 38.8 Å². The molecule has 4 rings (SSSR count). The van der Waals surface area contributed by atoms with Crippen LogP contribution in [-0.4, -0.2) is 36.8 Å². The van der Waals surface area contributed by atoms with Gasteiger partial charge in [-0.1, -0.05) is 60.7 Å². The number of nitrogens with zero attached hydrogens (tertiary/aromatic N) is 1. The van der Waals surface area contributed by atoms with Crippen molar-refractivity contribution in [2.24, 2.45) is 0 Å². The summed E-state index contributed by atoms with van der Waals surface area (Å²) in [4.78, 5) is 14.3. The molecule has 2 atom stereocenters. The maximum Gasteiger partial charge on any atom is 0.411 e. The van der Waals surface area contributed by atoms with Crippen LogP contribution in [0.15, 0.2) is 60.7 Å². The van der Waals surface area contributed by atoms with Gasteiger partial charge in [0, 0.05) is 24.7 Å². The van der Waals surface area contributed by atoms with E-state index in [1.807, 2.05) is 65.6 Å². The zero-order valence-electron chi connectivity index (χ0n) is 13.0. The van der Waals surface area contributed by atoms with Gasteiger partial charge in [-0.2, -0.15) is 0 Å². The number of amides is 1. The minimum absolute atomic E-state index is 0.0512. The van der Waals surface area contributed by atoms with Crippen LogP contribution in [0.1, 0.15) is 17.5 Å². The molecule has 118 valence electrons. The third-order valence-electron chi connectivity index (χ3n) is 4.95. The molecule has 0 aromatic heterocycles. The summed E-state index contributed by atoms with van der Waals surface area (Å²) in [6.45, 7) is 0.585. The Balaban J connectivity index is 1.89. The highest BCUT2D eigenvalue weighted by molar-refractivity contribution is 5.74. The normalized spacial score (nSPS) is 25.3. The number of benzene rings is 2. The summed E-state index contributed by atoms with van der Waals surface area (Å²) in [6.07, 6.45) is 0.563. The van der Waals surface area contributed by atoms with Crippen LogP contribution in [0.2, 0.25) is 0 Å². The largest absolute Gasteiger partial charge is 0.431 e. The van der Waals surface area contributed by atoms with E-state index >= 15 is 0 Å². The average molecular weight is 309 g/mol. The summed E-state index contributed by atoms with van der Waals surface area (Å²) in [5.74, 6) is 0. The third kappa shape index (κ3) is 2.05. The molecule has 0 radical (unpaired) electrons. The number of hydrogen-bond acceptors (Lipinski definition) is 3. The molecular formula is C19H19NO3. The Labute approximate surface area is 135 Å². The second-order valence-corrected chi connectivity index (χ2v) is 6.10. The molecule has 0 N–H and O–H groups in total. The van der Waals surface area contributed by atoms with E-state index in [1.165, 1.54) is 0 Å². The van der Waals surface area contributed by atoms with Crippen molar-refractivity contribution in [2.45, 2.75) is 24.2 Å². The van der Waals surface area contributed by atoms with Gasteiger partial charge in [0.05, 0.1) is 18.7 Å². The lowest BCUT2D eigenvalue weighted by atomic mass is 9.79. The van der Waals surface area contributed by atoms with Gasteiger partial charge in [-0.15, -0.1) is 0 Å². The van der Waals surface area contributed by atoms with Gasteiger partial charge in [0.25, 0.3) is 0 Å². The van der Waals surface area contributed by atoms with Gasteiger partial charge >= 0.3 is 6.09 Å². The highest BCUT2D eigenvalue weighted by atomic mass is 16.6. The minimum atomic E-state index is -0.771. The molecule has 1 amide bonds. The molecule has 2 saturated heterocycles. The van der Waals surface area contributed by atoms with Gasteiger partial charge < -0.3 is 9.47 Å². The summed E-state index contributed by atoms with van der Waals surface area (Å²) in [6, 6.07) is 20.0. The van der Waals surface area contributed by atoms with E-state index in [9.17, 15) is 4.79 Å². The Bertz CT molecular complexity index is 662. The molecule has 2 aliphatic heterocycles. The first-order valence-electron chi connectivity index (χ1n) is 7.89. The Morgan fingerprint density at radius 2 is 1.61 bits per heavy atom. The van der Waals surface area contributed by atoms with Crippen molar-refractivity contribution in [2.75, 3.05) is 13.7 Å². The van der Waals surface area contributed by atoms with E-state index in [-0.39, 0.29) is 18.2 Å². The lowest BCUT2D eigenvalue weighted by molar-refractivity contribution is 0.0483. The lowest BCUT2D eigenvalue weighted by Gasteiger charge is -2.33. The van der Waals surface area contributed by atoms with Crippen LogP contribution in [0.5, 0.6) is 0 Å². The smallest absolute Gasteiger partial charge is 0.411 e. The average Bonchev–Trinajstić information content (AvgIpc) is 3.16. The van der Waals surface area contributed by atoms with Gasteiger partial charge in [0.1, 0.15) is 0 Å². The van der Waals surface area contributed by atoms with Gasteiger partial charge in [0.15, 0.2) is 5.60 Å². The molecule has 2 fully saturated rings. The summed E-state index contributed by atoms with van der Waals surface area (Å²) in [5.41, 5.74) is 1.24. The van der Waals surface area contributed by atoms with Crippen molar-refractivity contribution in [3.8, 4) is 0 Å². The highest BCUT2D eigenvalue weighted by Crippen LogP contribution is 2.48. The van der Waals surface area contributed by atoms with E-state index in [0.717, 1.165) is 17.5 Å². The van der Waals surface area contributed by atoms with Crippen molar-refractivity contribution in [3.63, 3.8) is 0 Å². The van der Waals surface area contributed by atoms with Gasteiger partial charge in [0.2, 0.25) is 0 Å². The molecule has 2 aromatic rings. The first kappa shape index (κ1) is 14.3. The first-order valence-corrected chi connectivity index (χ1v) is 7.89. The fraction of sp³-hybridized carbons (Fsp3) is 0.316. The Kier molecular flexibility index (Phi) is 3.34. The number of hydrogen-bond donors (Lipinski definition) is 0. The predicted molar refractivity (Wildman–Crippen MR) is 86.1 cm³/mol. The molecule has 4 heteroatoms. The standard InChI is InChI=1S/C19H19NO3/c1-22-16-12-17-19(14-8-4-2-5-9-14,15-10-6-3-7-11-15)23-18(21)20(17)13-16/h2-11,16-17H,12-13H2,1H3/t16-,17+/m1/s1. The number of rotatable bonds is 3. The lowest BCUT2D eigenvalue weighted by Crippen LogP contribution is -2.40. The molecule has 0 saturated carbocycles. The zero-order chi connectivity index (χ0) is 15.9. The predicted octanol–water partition coefficient (Wildman–Crippen LogP) is 3.17. The molecule has 0 unspecified atom stereocenters. The van der Waals surface area contributed by atoms with E-state index in [4.69, 9.17) is 9.47 Å². The van der Waals surface area contributed by atoms with Crippen LogP contribution in [0.3, 0.4) is 0 Å². The van der Waals surface area contributed by atoms with E-state index < -0.39 is 5.60 Å². The number of methoxy groups -OCH3 is 1. The number of fused-ring (bicyclic) bond motifs is 1. The van der Waals surface area contributed by atoms with Gasteiger partial charge in [-0.05, 0) is 0 Å².